The summed E-state index contributed by atoms with van der Waals surface area (Å²) in [6, 6.07) is 8.78. The monoisotopic (exact) mass is 327 g/mol. The largest absolute Gasteiger partial charge is 0.497 e. The van der Waals surface area contributed by atoms with E-state index in [0.29, 0.717) is 10.6 Å². The molecule has 0 aliphatic carbocycles. The molecule has 1 aromatic heterocycles. The minimum Gasteiger partial charge on any atom is -0.497 e. The lowest BCUT2D eigenvalue weighted by molar-refractivity contribution is 0.285. The molecular formula is C14H17NO4S2. The Hall–Kier alpha value is -1.41. The van der Waals surface area contributed by atoms with Crippen molar-refractivity contribution in [3.05, 3.63) is 46.3 Å². The molecule has 2 aromatic rings. The van der Waals surface area contributed by atoms with E-state index in [0.717, 1.165) is 22.5 Å². The van der Waals surface area contributed by atoms with E-state index in [1.54, 1.807) is 32.2 Å². The number of aliphatic hydroxyl groups is 1. The predicted molar refractivity (Wildman–Crippen MR) is 82.0 cm³/mol. The van der Waals surface area contributed by atoms with Crippen LogP contribution in [0.15, 0.2) is 34.5 Å². The normalized spacial score (nSPS) is 11.6. The maximum absolute atomic E-state index is 12.2. The SMILES string of the molecule is COc1cccc(CNS(=O)(=O)c2cc(C)c(CO)s2)c1. The van der Waals surface area contributed by atoms with Gasteiger partial charge in [0.1, 0.15) is 9.96 Å². The van der Waals surface area contributed by atoms with E-state index in [4.69, 9.17) is 9.84 Å². The minimum absolute atomic E-state index is 0.151. The molecule has 1 aromatic carbocycles. The van der Waals surface area contributed by atoms with Crippen LogP contribution in [0, 0.1) is 6.92 Å². The van der Waals surface area contributed by atoms with Gasteiger partial charge in [0.05, 0.1) is 13.7 Å². The smallest absolute Gasteiger partial charge is 0.250 e. The third kappa shape index (κ3) is 3.82. The Bertz CT molecular complexity index is 722. The Labute approximate surface area is 128 Å². The van der Waals surface area contributed by atoms with Crippen molar-refractivity contribution < 1.29 is 18.3 Å². The van der Waals surface area contributed by atoms with Crippen LogP contribution in [0.3, 0.4) is 0 Å². The first-order valence-corrected chi connectivity index (χ1v) is 8.59. The molecule has 114 valence electrons. The number of ether oxygens (including phenoxy) is 1. The second kappa shape index (κ2) is 6.57. The van der Waals surface area contributed by atoms with Gasteiger partial charge in [-0.15, -0.1) is 11.3 Å². The van der Waals surface area contributed by atoms with Gasteiger partial charge in [-0.05, 0) is 36.2 Å². The van der Waals surface area contributed by atoms with Crippen LogP contribution in [0.1, 0.15) is 16.0 Å². The summed E-state index contributed by atoms with van der Waals surface area (Å²) in [7, 11) is -2.01. The molecule has 0 fully saturated rings. The third-order valence-electron chi connectivity index (χ3n) is 3.01. The first-order valence-electron chi connectivity index (χ1n) is 6.29. The number of rotatable bonds is 6. The zero-order chi connectivity index (χ0) is 15.5. The molecule has 7 heteroatoms. The first-order chi connectivity index (χ1) is 9.96. The van der Waals surface area contributed by atoms with Gasteiger partial charge in [-0.3, -0.25) is 0 Å². The summed E-state index contributed by atoms with van der Waals surface area (Å²) in [5, 5.41) is 9.14. The van der Waals surface area contributed by atoms with Gasteiger partial charge in [0.15, 0.2) is 0 Å². The van der Waals surface area contributed by atoms with Gasteiger partial charge in [-0.1, -0.05) is 12.1 Å². The second-order valence-corrected chi connectivity index (χ2v) is 7.64. The third-order valence-corrected chi connectivity index (χ3v) is 6.10. The average molecular weight is 327 g/mol. The molecule has 0 aliphatic heterocycles. The van der Waals surface area contributed by atoms with Crippen LogP contribution in [0.5, 0.6) is 5.75 Å². The van der Waals surface area contributed by atoms with Gasteiger partial charge in [-0.25, -0.2) is 13.1 Å². The van der Waals surface area contributed by atoms with Crippen molar-refractivity contribution in [2.75, 3.05) is 7.11 Å². The number of hydrogen-bond donors (Lipinski definition) is 2. The van der Waals surface area contributed by atoms with Crippen LogP contribution in [-0.2, 0) is 23.2 Å². The van der Waals surface area contributed by atoms with Crippen LogP contribution < -0.4 is 9.46 Å². The van der Waals surface area contributed by atoms with Gasteiger partial charge in [0, 0.05) is 11.4 Å². The summed E-state index contributed by atoms with van der Waals surface area (Å²) < 4.78 is 32.3. The van der Waals surface area contributed by atoms with E-state index in [1.165, 1.54) is 0 Å². The topological polar surface area (TPSA) is 75.6 Å². The number of sulfonamides is 1. The summed E-state index contributed by atoms with van der Waals surface area (Å²) >= 11 is 1.08. The molecule has 5 nitrogen and oxygen atoms in total. The van der Waals surface area contributed by atoms with Crippen LogP contribution in [0.2, 0.25) is 0 Å². The fourth-order valence-corrected chi connectivity index (χ4v) is 4.32. The number of benzene rings is 1. The summed E-state index contributed by atoms with van der Waals surface area (Å²) in [5.41, 5.74) is 1.60. The zero-order valence-electron chi connectivity index (χ0n) is 11.8. The average Bonchev–Trinajstić information content (AvgIpc) is 2.87. The number of aliphatic hydroxyl groups excluding tert-OH is 1. The summed E-state index contributed by atoms with van der Waals surface area (Å²) in [6.45, 7) is 1.82. The lowest BCUT2D eigenvalue weighted by atomic mass is 10.2. The Kier molecular flexibility index (Phi) is 5.00. The van der Waals surface area contributed by atoms with E-state index >= 15 is 0 Å². The number of nitrogens with one attached hydrogen (secondary N) is 1. The van der Waals surface area contributed by atoms with Gasteiger partial charge in [0.2, 0.25) is 10.0 Å². The molecule has 21 heavy (non-hydrogen) atoms. The van der Waals surface area contributed by atoms with Gasteiger partial charge in [-0.2, -0.15) is 0 Å². The summed E-state index contributed by atoms with van der Waals surface area (Å²) in [4.78, 5) is 0.664. The molecule has 2 rings (SSSR count). The molecule has 0 unspecified atom stereocenters. The molecular weight excluding hydrogens is 310 g/mol. The molecule has 0 saturated heterocycles. The Morgan fingerprint density at radius 3 is 2.71 bits per heavy atom. The highest BCUT2D eigenvalue weighted by atomic mass is 32.2. The van der Waals surface area contributed by atoms with Gasteiger partial charge < -0.3 is 9.84 Å². The van der Waals surface area contributed by atoms with Crippen molar-refractivity contribution >= 4 is 21.4 Å². The summed E-state index contributed by atoms with van der Waals surface area (Å²) in [5.74, 6) is 0.682. The van der Waals surface area contributed by atoms with Crippen molar-refractivity contribution in [3.63, 3.8) is 0 Å². The van der Waals surface area contributed by atoms with Crippen LogP contribution >= 0.6 is 11.3 Å². The molecule has 2 N–H and O–H groups in total. The molecule has 0 spiro atoms. The first kappa shape index (κ1) is 16.0. The van der Waals surface area contributed by atoms with E-state index in [9.17, 15) is 8.42 Å². The maximum Gasteiger partial charge on any atom is 0.250 e. The number of aryl methyl sites for hydroxylation is 1. The highest BCUT2D eigenvalue weighted by molar-refractivity contribution is 7.91. The molecule has 0 saturated carbocycles. The fraction of sp³-hybridized carbons (Fsp3) is 0.286. The fourth-order valence-electron chi connectivity index (χ4n) is 1.81. The molecule has 0 atom stereocenters. The molecule has 1 heterocycles. The van der Waals surface area contributed by atoms with Crippen LogP contribution in [-0.4, -0.2) is 20.6 Å². The van der Waals surface area contributed by atoms with Gasteiger partial charge in [0.25, 0.3) is 0 Å². The molecule has 0 radical (unpaired) electrons. The van der Waals surface area contributed by atoms with Crippen LogP contribution in [0.4, 0.5) is 0 Å². The van der Waals surface area contributed by atoms with Crippen LogP contribution in [0.25, 0.3) is 0 Å². The van der Waals surface area contributed by atoms with E-state index in [-0.39, 0.29) is 17.4 Å². The Morgan fingerprint density at radius 2 is 2.10 bits per heavy atom. The van der Waals surface area contributed by atoms with Crippen molar-refractivity contribution in [2.24, 2.45) is 0 Å². The zero-order valence-corrected chi connectivity index (χ0v) is 13.4. The lowest BCUT2D eigenvalue weighted by Crippen LogP contribution is -2.22. The minimum atomic E-state index is -3.57. The van der Waals surface area contributed by atoms with Crippen molar-refractivity contribution in [1.82, 2.24) is 4.72 Å². The highest BCUT2D eigenvalue weighted by Gasteiger charge is 2.18. The van der Waals surface area contributed by atoms with E-state index in [1.807, 2.05) is 12.1 Å². The lowest BCUT2D eigenvalue weighted by Gasteiger charge is -2.06. The highest BCUT2D eigenvalue weighted by Crippen LogP contribution is 2.26. The molecule has 0 amide bonds. The number of thiophene rings is 1. The molecule has 0 aliphatic rings. The van der Waals surface area contributed by atoms with E-state index < -0.39 is 10.0 Å². The Morgan fingerprint density at radius 1 is 1.33 bits per heavy atom. The van der Waals surface area contributed by atoms with Gasteiger partial charge >= 0.3 is 0 Å². The van der Waals surface area contributed by atoms with Crippen molar-refractivity contribution in [3.8, 4) is 5.75 Å². The standard InChI is InChI=1S/C14H17NO4S2/c1-10-6-14(20-13(10)9-16)21(17,18)15-8-11-4-3-5-12(7-11)19-2/h3-7,15-16H,8-9H2,1-2H3. The second-order valence-electron chi connectivity index (χ2n) is 4.51. The number of methoxy groups -OCH3 is 1. The van der Waals surface area contributed by atoms with Crippen molar-refractivity contribution in [1.29, 1.82) is 0 Å². The Balaban J connectivity index is 2.13. The summed E-state index contributed by atoms with van der Waals surface area (Å²) in [6.07, 6.45) is 0. The molecule has 0 bridgehead atoms. The number of hydrogen-bond acceptors (Lipinski definition) is 5. The predicted octanol–water partition coefficient (Wildman–Crippen LogP) is 2.04. The quantitative estimate of drug-likeness (QED) is 0.851. The maximum atomic E-state index is 12.2. The van der Waals surface area contributed by atoms with Crippen molar-refractivity contribution in [2.45, 2.75) is 24.3 Å². The van der Waals surface area contributed by atoms with E-state index in [2.05, 4.69) is 4.72 Å².